The highest BCUT2D eigenvalue weighted by Gasteiger charge is 2.26. The molecule has 4 rings (SSSR count). The van der Waals surface area contributed by atoms with Gasteiger partial charge in [0, 0.05) is 44.5 Å². The number of hydrogen-bond donors (Lipinski definition) is 1. The number of hydrogen-bond acceptors (Lipinski definition) is 6. The second-order valence-corrected chi connectivity index (χ2v) is 11.1. The average molecular weight is 559 g/mol. The van der Waals surface area contributed by atoms with Crippen LogP contribution in [0.4, 0.5) is 5.69 Å². The Morgan fingerprint density at radius 2 is 1.98 bits per heavy atom. The fraction of sp³-hybridized carbons (Fsp3) is 0.290. The predicted molar refractivity (Wildman–Crippen MR) is 159 cm³/mol. The van der Waals surface area contributed by atoms with Crippen LogP contribution < -0.4 is 9.46 Å². The standard InChI is InChI=1S/C31H34N4O4S/c1-4-22-39-28-12-7-6-11-26(28)23-34-18-9-19-35(21-20-34)31(36)25-14-16-27(17-15-25)33-40(37,38)29-13-8-10-24(3)30(29)32-5-2/h5-8,10-14,16,33H,2-4,9,18-23H2,1H3. The second-order valence-electron chi connectivity index (χ2n) is 9.47. The van der Waals surface area contributed by atoms with E-state index in [4.69, 9.17) is 4.74 Å². The highest BCUT2D eigenvalue weighted by Crippen LogP contribution is 2.23. The van der Waals surface area contributed by atoms with Gasteiger partial charge >= 0.3 is 0 Å². The van der Waals surface area contributed by atoms with Gasteiger partial charge in [0.25, 0.3) is 15.9 Å². The van der Waals surface area contributed by atoms with Crippen LogP contribution in [0.5, 0.6) is 5.75 Å². The van der Waals surface area contributed by atoms with Gasteiger partial charge in [-0.15, -0.1) is 0 Å². The van der Waals surface area contributed by atoms with Crippen LogP contribution in [0.15, 0.2) is 89.5 Å². The van der Waals surface area contributed by atoms with Crippen molar-refractivity contribution in [2.24, 2.45) is 4.99 Å². The number of ether oxygens (including phenoxy) is 1. The molecule has 2 aromatic rings. The van der Waals surface area contributed by atoms with E-state index in [9.17, 15) is 13.2 Å². The minimum absolute atomic E-state index is 0.0258. The third kappa shape index (κ3) is 7.08. The lowest BCUT2D eigenvalue weighted by atomic mass is 10.1. The molecule has 0 unspecified atom stereocenters. The number of benzene rings is 1. The van der Waals surface area contributed by atoms with E-state index in [-0.39, 0.29) is 22.2 Å². The van der Waals surface area contributed by atoms with E-state index < -0.39 is 10.0 Å². The number of carbonyl (C=O) groups is 1. The summed E-state index contributed by atoms with van der Waals surface area (Å²) in [7, 11) is -3.98. The largest absolute Gasteiger partial charge is 0.493 e. The zero-order chi connectivity index (χ0) is 28.5. The lowest BCUT2D eigenvalue weighted by Gasteiger charge is -2.22. The van der Waals surface area contributed by atoms with Crippen molar-refractivity contribution in [1.82, 2.24) is 9.80 Å². The van der Waals surface area contributed by atoms with Gasteiger partial charge in [0.15, 0.2) is 0 Å². The SMILES string of the molecule is C=CN=C1C(=C)C=CC=C1S(=O)(=O)Nc1c#cc(C(=O)N2CCCN(Cc3ccccc3OCCC)CC2)cc1. The summed E-state index contributed by atoms with van der Waals surface area (Å²) in [6.45, 7) is 13.7. The third-order valence-electron chi connectivity index (χ3n) is 6.52. The number of amides is 1. The number of sulfonamides is 1. The maximum absolute atomic E-state index is 13.2. The van der Waals surface area contributed by atoms with E-state index in [1.807, 2.05) is 23.1 Å². The van der Waals surface area contributed by atoms with Gasteiger partial charge in [-0.25, -0.2) is 8.42 Å². The molecular formula is C31H34N4O4S. The second kappa shape index (κ2) is 13.3. The molecule has 1 amide bonds. The highest BCUT2D eigenvalue weighted by atomic mass is 32.2. The van der Waals surface area contributed by atoms with Crippen LogP contribution >= 0.6 is 0 Å². The van der Waals surface area contributed by atoms with Crippen LogP contribution in [-0.4, -0.2) is 62.6 Å². The van der Waals surface area contributed by atoms with Crippen molar-refractivity contribution in [3.8, 4) is 5.75 Å². The molecule has 1 saturated heterocycles. The van der Waals surface area contributed by atoms with Gasteiger partial charge in [0.05, 0.1) is 23.6 Å². The Morgan fingerprint density at radius 3 is 2.73 bits per heavy atom. The number of aliphatic imine (C=N–C) groups is 1. The number of nitrogens with one attached hydrogen (secondary N) is 1. The number of rotatable bonds is 10. The summed E-state index contributed by atoms with van der Waals surface area (Å²) in [6, 6.07) is 16.8. The summed E-state index contributed by atoms with van der Waals surface area (Å²) in [5, 5.41) is 0. The van der Waals surface area contributed by atoms with E-state index >= 15 is 0 Å². The summed E-state index contributed by atoms with van der Waals surface area (Å²) in [5.41, 5.74) is 2.32. The van der Waals surface area contributed by atoms with Crippen LogP contribution in [-0.2, 0) is 16.6 Å². The van der Waals surface area contributed by atoms with E-state index in [1.54, 1.807) is 18.2 Å². The van der Waals surface area contributed by atoms with Gasteiger partial charge in [0.2, 0.25) is 0 Å². The summed E-state index contributed by atoms with van der Waals surface area (Å²) >= 11 is 0. The van der Waals surface area contributed by atoms with Crippen molar-refractivity contribution in [2.75, 3.05) is 37.5 Å². The molecule has 0 aromatic heterocycles. The molecule has 0 atom stereocenters. The normalized spacial score (nSPS) is 17.1. The third-order valence-corrected chi connectivity index (χ3v) is 7.92. The Hall–Kier alpha value is -4.13. The lowest BCUT2D eigenvalue weighted by Crippen LogP contribution is -2.35. The quantitative estimate of drug-likeness (QED) is 0.454. The van der Waals surface area contributed by atoms with Crippen LogP contribution in [0.2, 0.25) is 0 Å². The molecule has 1 aliphatic carbocycles. The maximum atomic E-state index is 13.2. The fourth-order valence-corrected chi connectivity index (χ4v) is 5.74. The molecular weight excluding hydrogens is 524 g/mol. The van der Waals surface area contributed by atoms with Crippen molar-refractivity contribution in [3.05, 3.63) is 108 Å². The van der Waals surface area contributed by atoms with Crippen molar-refractivity contribution in [2.45, 2.75) is 26.3 Å². The molecule has 0 bridgehead atoms. The first kappa shape index (κ1) is 28.9. The zero-order valence-corrected chi connectivity index (χ0v) is 23.5. The molecule has 9 heteroatoms. The minimum atomic E-state index is -3.98. The van der Waals surface area contributed by atoms with E-state index in [1.165, 1.54) is 18.3 Å². The first-order valence-electron chi connectivity index (χ1n) is 13.3. The monoisotopic (exact) mass is 558 g/mol. The molecule has 8 nitrogen and oxygen atoms in total. The summed E-state index contributed by atoms with van der Waals surface area (Å²) in [4.78, 5) is 21.4. The Labute approximate surface area is 237 Å². The predicted octanol–water partition coefficient (Wildman–Crippen LogP) is 4.76. The Balaban J connectivity index is 1.38. The molecule has 0 spiro atoms. The summed E-state index contributed by atoms with van der Waals surface area (Å²) in [6.07, 6.45) is 7.78. The maximum Gasteiger partial charge on any atom is 0.264 e. The fourth-order valence-electron chi connectivity index (χ4n) is 4.52. The van der Waals surface area contributed by atoms with Crippen LogP contribution in [0.3, 0.4) is 0 Å². The van der Waals surface area contributed by atoms with Gasteiger partial charge in [0.1, 0.15) is 10.7 Å². The molecule has 0 saturated carbocycles. The Morgan fingerprint density at radius 1 is 1.15 bits per heavy atom. The smallest absolute Gasteiger partial charge is 0.264 e. The zero-order valence-electron chi connectivity index (χ0n) is 22.7. The van der Waals surface area contributed by atoms with Crippen molar-refractivity contribution < 1.29 is 17.9 Å². The molecule has 208 valence electrons. The summed E-state index contributed by atoms with van der Waals surface area (Å²) in [5.74, 6) is 0.754. The van der Waals surface area contributed by atoms with Crippen LogP contribution in [0.25, 0.3) is 0 Å². The first-order valence-corrected chi connectivity index (χ1v) is 14.8. The van der Waals surface area contributed by atoms with E-state index in [2.05, 4.69) is 52.9 Å². The van der Waals surface area contributed by atoms with Gasteiger partial charge in [-0.3, -0.25) is 19.4 Å². The van der Waals surface area contributed by atoms with Crippen molar-refractivity contribution >= 4 is 27.3 Å². The summed E-state index contributed by atoms with van der Waals surface area (Å²) < 4.78 is 34.5. The topological polar surface area (TPSA) is 91.3 Å². The minimum Gasteiger partial charge on any atom is -0.493 e. The van der Waals surface area contributed by atoms with Gasteiger partial charge in [-0.2, -0.15) is 0 Å². The van der Waals surface area contributed by atoms with Crippen LogP contribution in [0, 0.1) is 12.1 Å². The van der Waals surface area contributed by atoms with E-state index in [0.717, 1.165) is 43.8 Å². The molecule has 2 aliphatic rings. The molecule has 1 N–H and O–H groups in total. The molecule has 2 aromatic carbocycles. The van der Waals surface area contributed by atoms with Crippen molar-refractivity contribution in [1.29, 1.82) is 0 Å². The number of para-hydroxylation sites is 1. The molecule has 1 aliphatic heterocycles. The lowest BCUT2D eigenvalue weighted by molar-refractivity contribution is 0.0761. The first-order chi connectivity index (χ1) is 19.3. The molecule has 0 radical (unpaired) electrons. The van der Waals surface area contributed by atoms with Crippen LogP contribution in [0.1, 0.15) is 35.7 Å². The number of carbonyl (C=O) groups excluding carboxylic acids is 1. The van der Waals surface area contributed by atoms with Gasteiger partial charge in [-0.05, 0) is 48.8 Å². The number of nitrogens with zero attached hydrogens (tertiary/aromatic N) is 3. The van der Waals surface area contributed by atoms with Gasteiger partial charge in [-0.1, -0.05) is 56.5 Å². The van der Waals surface area contributed by atoms with Gasteiger partial charge < -0.3 is 9.64 Å². The molecule has 40 heavy (non-hydrogen) atoms. The number of anilines is 1. The number of allylic oxidation sites excluding steroid dienone is 5. The average Bonchev–Trinajstić information content (AvgIpc) is 3.19. The molecule has 1 fully saturated rings. The molecule has 1 heterocycles. The van der Waals surface area contributed by atoms with E-state index in [0.29, 0.717) is 30.8 Å². The highest BCUT2D eigenvalue weighted by molar-refractivity contribution is 7.97. The Kier molecular flexibility index (Phi) is 9.59. The van der Waals surface area contributed by atoms with Crippen molar-refractivity contribution in [3.63, 3.8) is 0 Å². The Bertz CT molecular complexity index is 1440.